The van der Waals surface area contributed by atoms with Gasteiger partial charge in [-0.15, -0.1) is 0 Å². The van der Waals surface area contributed by atoms with E-state index in [2.05, 4.69) is 27.3 Å². The van der Waals surface area contributed by atoms with Crippen molar-refractivity contribution in [2.24, 2.45) is 5.92 Å². The number of hydrogen-bond acceptors (Lipinski definition) is 3. The van der Waals surface area contributed by atoms with Crippen LogP contribution in [-0.2, 0) is 6.42 Å². The Labute approximate surface area is 117 Å². The Morgan fingerprint density at radius 1 is 1.22 bits per heavy atom. The predicted molar refractivity (Wildman–Crippen MR) is 76.5 cm³/mol. The molecule has 2 rings (SSSR count). The van der Waals surface area contributed by atoms with Gasteiger partial charge in [0.25, 0.3) is 0 Å². The minimum atomic E-state index is 0.735. The maximum atomic E-state index is 5.50. The smallest absolute Gasteiger partial charge is 0.163 e. The van der Waals surface area contributed by atoms with Gasteiger partial charge >= 0.3 is 0 Å². The lowest BCUT2D eigenvalue weighted by molar-refractivity contribution is 0.339. The largest absolute Gasteiger partial charge is 0.493 e. The molecule has 0 unspecified atom stereocenters. The van der Waals surface area contributed by atoms with Gasteiger partial charge in [-0.3, -0.25) is 0 Å². The van der Waals surface area contributed by atoms with Crippen molar-refractivity contribution < 1.29 is 9.47 Å². The lowest BCUT2D eigenvalue weighted by Crippen LogP contribution is -2.28. The van der Waals surface area contributed by atoms with E-state index in [-0.39, 0.29) is 0 Å². The number of ether oxygens (including phenoxy) is 2. The minimum absolute atomic E-state index is 0.735. The van der Waals surface area contributed by atoms with Gasteiger partial charge in [0.15, 0.2) is 11.5 Å². The second-order valence-corrected chi connectivity index (χ2v) is 5.61. The standard InChI is InChI=1S/C14H20BrNO2/c1-17-13-9-12(15)8-11(14(13)18-2)7-10-3-5-16-6-4-10/h8-10,16H,3-7H2,1-2H3. The number of methoxy groups -OCH3 is 2. The summed E-state index contributed by atoms with van der Waals surface area (Å²) in [6.07, 6.45) is 3.52. The summed E-state index contributed by atoms with van der Waals surface area (Å²) in [6.45, 7) is 2.25. The fraction of sp³-hybridized carbons (Fsp3) is 0.571. The van der Waals surface area contributed by atoms with Crippen molar-refractivity contribution in [3.05, 3.63) is 22.2 Å². The molecule has 1 aliphatic rings. The van der Waals surface area contributed by atoms with Crippen LogP contribution < -0.4 is 14.8 Å². The quantitative estimate of drug-likeness (QED) is 0.927. The molecule has 0 aliphatic carbocycles. The molecule has 1 fully saturated rings. The number of benzene rings is 1. The lowest BCUT2D eigenvalue weighted by atomic mass is 9.90. The Balaban J connectivity index is 2.21. The summed E-state index contributed by atoms with van der Waals surface area (Å²) >= 11 is 3.53. The molecule has 18 heavy (non-hydrogen) atoms. The fourth-order valence-electron chi connectivity index (χ4n) is 2.55. The van der Waals surface area contributed by atoms with Gasteiger partial charge in [-0.05, 0) is 56.0 Å². The Kier molecular flexibility index (Phi) is 4.89. The zero-order valence-electron chi connectivity index (χ0n) is 11.0. The van der Waals surface area contributed by atoms with Crippen LogP contribution >= 0.6 is 15.9 Å². The number of rotatable bonds is 4. The fourth-order valence-corrected chi connectivity index (χ4v) is 3.04. The molecule has 0 bridgehead atoms. The molecular weight excluding hydrogens is 294 g/mol. The number of piperidine rings is 1. The summed E-state index contributed by atoms with van der Waals surface area (Å²) in [5.74, 6) is 2.41. The van der Waals surface area contributed by atoms with Crippen LogP contribution in [0, 0.1) is 5.92 Å². The topological polar surface area (TPSA) is 30.5 Å². The van der Waals surface area contributed by atoms with Crippen LogP contribution in [0.2, 0.25) is 0 Å². The van der Waals surface area contributed by atoms with Crippen molar-refractivity contribution in [2.45, 2.75) is 19.3 Å². The molecule has 100 valence electrons. The maximum absolute atomic E-state index is 5.50. The first-order valence-corrected chi connectivity index (χ1v) is 7.15. The van der Waals surface area contributed by atoms with Crippen LogP contribution in [0.1, 0.15) is 18.4 Å². The molecule has 1 heterocycles. The van der Waals surface area contributed by atoms with E-state index in [1.165, 1.54) is 18.4 Å². The molecule has 1 aromatic carbocycles. The van der Waals surface area contributed by atoms with Gasteiger partial charge in [0.1, 0.15) is 0 Å². The minimum Gasteiger partial charge on any atom is -0.493 e. The highest BCUT2D eigenvalue weighted by atomic mass is 79.9. The van der Waals surface area contributed by atoms with Gasteiger partial charge in [0.05, 0.1) is 14.2 Å². The maximum Gasteiger partial charge on any atom is 0.163 e. The molecular formula is C14H20BrNO2. The first kappa shape index (κ1) is 13.7. The van der Waals surface area contributed by atoms with Crippen molar-refractivity contribution in [1.82, 2.24) is 5.32 Å². The van der Waals surface area contributed by atoms with Crippen LogP contribution in [0.15, 0.2) is 16.6 Å². The molecule has 0 radical (unpaired) electrons. The molecule has 0 atom stereocenters. The Bertz CT molecular complexity index is 403. The van der Waals surface area contributed by atoms with Crippen LogP contribution in [0.4, 0.5) is 0 Å². The van der Waals surface area contributed by atoms with E-state index in [9.17, 15) is 0 Å². The summed E-state index contributed by atoms with van der Waals surface area (Å²) in [4.78, 5) is 0. The zero-order valence-corrected chi connectivity index (χ0v) is 12.5. The third-order valence-corrected chi connectivity index (χ3v) is 3.95. The SMILES string of the molecule is COc1cc(Br)cc(CC2CCNCC2)c1OC. The number of nitrogens with one attached hydrogen (secondary N) is 1. The molecule has 1 saturated heterocycles. The Hall–Kier alpha value is -0.740. The van der Waals surface area contributed by atoms with Gasteiger partial charge in [-0.1, -0.05) is 15.9 Å². The van der Waals surface area contributed by atoms with E-state index in [4.69, 9.17) is 9.47 Å². The average molecular weight is 314 g/mol. The highest BCUT2D eigenvalue weighted by Crippen LogP contribution is 2.36. The van der Waals surface area contributed by atoms with E-state index >= 15 is 0 Å². The molecule has 1 aliphatic heterocycles. The Morgan fingerprint density at radius 3 is 2.56 bits per heavy atom. The first-order valence-electron chi connectivity index (χ1n) is 6.35. The highest BCUT2D eigenvalue weighted by Gasteiger charge is 2.18. The monoisotopic (exact) mass is 313 g/mol. The van der Waals surface area contributed by atoms with Gasteiger partial charge in [-0.25, -0.2) is 0 Å². The van der Waals surface area contributed by atoms with E-state index in [0.717, 1.165) is 41.4 Å². The molecule has 0 spiro atoms. The van der Waals surface area contributed by atoms with E-state index in [1.807, 2.05) is 6.07 Å². The van der Waals surface area contributed by atoms with E-state index in [1.54, 1.807) is 14.2 Å². The zero-order chi connectivity index (χ0) is 13.0. The van der Waals surface area contributed by atoms with Gasteiger partial charge in [0.2, 0.25) is 0 Å². The van der Waals surface area contributed by atoms with E-state index < -0.39 is 0 Å². The van der Waals surface area contributed by atoms with Crippen LogP contribution in [0.5, 0.6) is 11.5 Å². The van der Waals surface area contributed by atoms with Crippen LogP contribution in [0.25, 0.3) is 0 Å². The third kappa shape index (κ3) is 3.18. The first-order chi connectivity index (χ1) is 8.74. The Morgan fingerprint density at radius 2 is 1.94 bits per heavy atom. The van der Waals surface area contributed by atoms with Crippen molar-refractivity contribution in [2.75, 3.05) is 27.3 Å². The normalized spacial score (nSPS) is 16.6. The van der Waals surface area contributed by atoms with Crippen molar-refractivity contribution in [3.8, 4) is 11.5 Å². The highest BCUT2D eigenvalue weighted by molar-refractivity contribution is 9.10. The molecule has 0 saturated carbocycles. The number of halogens is 1. The van der Waals surface area contributed by atoms with Gasteiger partial charge in [0, 0.05) is 4.47 Å². The van der Waals surface area contributed by atoms with Gasteiger partial charge in [-0.2, -0.15) is 0 Å². The second-order valence-electron chi connectivity index (χ2n) is 4.70. The summed E-state index contributed by atoms with van der Waals surface area (Å²) in [7, 11) is 3.39. The lowest BCUT2D eigenvalue weighted by Gasteiger charge is -2.24. The van der Waals surface area contributed by atoms with E-state index in [0.29, 0.717) is 0 Å². The molecule has 0 amide bonds. The molecule has 1 N–H and O–H groups in total. The summed E-state index contributed by atoms with van der Waals surface area (Å²) in [6, 6.07) is 4.09. The second kappa shape index (κ2) is 6.43. The van der Waals surface area contributed by atoms with Crippen molar-refractivity contribution in [1.29, 1.82) is 0 Å². The number of hydrogen-bond donors (Lipinski definition) is 1. The van der Waals surface area contributed by atoms with Crippen LogP contribution in [-0.4, -0.2) is 27.3 Å². The van der Waals surface area contributed by atoms with Crippen LogP contribution in [0.3, 0.4) is 0 Å². The predicted octanol–water partition coefficient (Wildman–Crippen LogP) is 3.01. The van der Waals surface area contributed by atoms with Crippen molar-refractivity contribution >= 4 is 15.9 Å². The average Bonchev–Trinajstić information content (AvgIpc) is 2.39. The molecule has 4 heteroatoms. The molecule has 0 aromatic heterocycles. The third-order valence-electron chi connectivity index (χ3n) is 3.49. The molecule has 1 aromatic rings. The van der Waals surface area contributed by atoms with Crippen molar-refractivity contribution in [3.63, 3.8) is 0 Å². The summed E-state index contributed by atoms with van der Waals surface area (Å²) in [5, 5.41) is 3.40. The van der Waals surface area contributed by atoms with Gasteiger partial charge < -0.3 is 14.8 Å². The summed E-state index contributed by atoms with van der Waals surface area (Å²) in [5.41, 5.74) is 1.23. The summed E-state index contributed by atoms with van der Waals surface area (Å²) < 4.78 is 11.9. The molecule has 3 nitrogen and oxygen atoms in total.